The summed E-state index contributed by atoms with van der Waals surface area (Å²) < 4.78 is 11.0. The summed E-state index contributed by atoms with van der Waals surface area (Å²) in [4.78, 5) is 0. The molecular formula is C15H18O2. The first-order valence-corrected chi connectivity index (χ1v) is 5.56. The van der Waals surface area contributed by atoms with Crippen molar-refractivity contribution in [1.82, 2.24) is 0 Å². The van der Waals surface area contributed by atoms with Crippen molar-refractivity contribution in [2.24, 2.45) is 0 Å². The second kappa shape index (κ2) is 7.34. The van der Waals surface area contributed by atoms with E-state index in [9.17, 15) is 0 Å². The molecule has 0 N–H and O–H groups in total. The summed E-state index contributed by atoms with van der Waals surface area (Å²) in [5.41, 5.74) is 1.03. The molecule has 90 valence electrons. The van der Waals surface area contributed by atoms with Crippen LogP contribution >= 0.6 is 0 Å². The first-order valence-electron chi connectivity index (χ1n) is 5.56. The minimum atomic E-state index is 0.482. The number of benzene rings is 1. The van der Waals surface area contributed by atoms with Gasteiger partial charge in [0.1, 0.15) is 24.7 Å². The van der Waals surface area contributed by atoms with Gasteiger partial charge >= 0.3 is 0 Å². The normalized spacial score (nSPS) is 10.2. The molecule has 0 unspecified atom stereocenters. The maximum absolute atomic E-state index is 5.58. The highest BCUT2D eigenvalue weighted by Crippen LogP contribution is 2.26. The summed E-state index contributed by atoms with van der Waals surface area (Å²) in [7, 11) is 0. The average molecular weight is 230 g/mol. The lowest BCUT2D eigenvalue weighted by molar-refractivity contribution is 0.344. The Balaban J connectivity index is 2.91. The standard InChI is InChI=1S/C15H18O2/c1-4-7-13-8-9-14(16-10-5-2)12-15(13)17-11-6-3/h4-9,12H,2-3,10-11H2,1H3/b7-4+. The second-order valence-electron chi connectivity index (χ2n) is 3.40. The quantitative estimate of drug-likeness (QED) is 0.662. The van der Waals surface area contributed by atoms with Crippen LogP contribution in [-0.4, -0.2) is 13.2 Å². The summed E-state index contributed by atoms with van der Waals surface area (Å²) in [6.07, 6.45) is 7.40. The van der Waals surface area contributed by atoms with Crippen LogP contribution in [0.15, 0.2) is 49.6 Å². The van der Waals surface area contributed by atoms with Crippen LogP contribution in [0.3, 0.4) is 0 Å². The first kappa shape index (κ1) is 13.1. The second-order valence-corrected chi connectivity index (χ2v) is 3.40. The van der Waals surface area contributed by atoms with Crippen molar-refractivity contribution in [2.75, 3.05) is 13.2 Å². The van der Waals surface area contributed by atoms with Crippen LogP contribution in [0.25, 0.3) is 6.08 Å². The van der Waals surface area contributed by atoms with Crippen LogP contribution in [0.5, 0.6) is 11.5 Å². The molecule has 0 radical (unpaired) electrons. The van der Waals surface area contributed by atoms with Crippen molar-refractivity contribution in [3.05, 3.63) is 55.1 Å². The fraction of sp³-hybridized carbons (Fsp3) is 0.200. The molecule has 0 heterocycles. The molecular weight excluding hydrogens is 212 g/mol. The third-order valence-corrected chi connectivity index (χ3v) is 2.06. The maximum Gasteiger partial charge on any atom is 0.130 e. The van der Waals surface area contributed by atoms with Crippen molar-refractivity contribution in [3.8, 4) is 11.5 Å². The molecule has 0 aliphatic carbocycles. The van der Waals surface area contributed by atoms with Gasteiger partial charge in [-0.2, -0.15) is 0 Å². The molecule has 17 heavy (non-hydrogen) atoms. The van der Waals surface area contributed by atoms with Crippen LogP contribution in [0.1, 0.15) is 12.5 Å². The summed E-state index contributed by atoms with van der Waals surface area (Å²) in [6.45, 7) is 10.2. The summed E-state index contributed by atoms with van der Waals surface area (Å²) >= 11 is 0. The molecule has 0 fully saturated rings. The number of hydrogen-bond donors (Lipinski definition) is 0. The Morgan fingerprint density at radius 1 is 1.12 bits per heavy atom. The fourth-order valence-corrected chi connectivity index (χ4v) is 1.35. The molecule has 0 atom stereocenters. The van der Waals surface area contributed by atoms with Crippen LogP contribution in [-0.2, 0) is 0 Å². The van der Waals surface area contributed by atoms with Crippen LogP contribution in [0, 0.1) is 0 Å². The molecule has 0 amide bonds. The fourth-order valence-electron chi connectivity index (χ4n) is 1.35. The zero-order valence-electron chi connectivity index (χ0n) is 10.2. The number of ether oxygens (including phenoxy) is 2. The van der Waals surface area contributed by atoms with Gasteiger partial charge in [0.05, 0.1) is 0 Å². The minimum absolute atomic E-state index is 0.482. The van der Waals surface area contributed by atoms with Gasteiger partial charge in [0, 0.05) is 11.6 Å². The molecule has 0 aliphatic heterocycles. The Morgan fingerprint density at radius 3 is 2.47 bits per heavy atom. The van der Waals surface area contributed by atoms with E-state index >= 15 is 0 Å². The number of rotatable bonds is 7. The average Bonchev–Trinajstić information content (AvgIpc) is 2.36. The lowest BCUT2D eigenvalue weighted by atomic mass is 10.2. The van der Waals surface area contributed by atoms with Crippen molar-refractivity contribution in [3.63, 3.8) is 0 Å². The van der Waals surface area contributed by atoms with Crippen molar-refractivity contribution in [2.45, 2.75) is 6.92 Å². The number of hydrogen-bond acceptors (Lipinski definition) is 2. The van der Waals surface area contributed by atoms with Gasteiger partial charge < -0.3 is 9.47 Å². The summed E-state index contributed by atoms with van der Waals surface area (Å²) in [5.74, 6) is 1.57. The smallest absolute Gasteiger partial charge is 0.130 e. The summed E-state index contributed by atoms with van der Waals surface area (Å²) in [6, 6.07) is 5.76. The van der Waals surface area contributed by atoms with E-state index in [4.69, 9.17) is 9.47 Å². The largest absolute Gasteiger partial charge is 0.489 e. The van der Waals surface area contributed by atoms with Crippen molar-refractivity contribution in [1.29, 1.82) is 0 Å². The maximum atomic E-state index is 5.58. The van der Waals surface area contributed by atoms with Gasteiger partial charge in [-0.1, -0.05) is 37.5 Å². The molecule has 2 nitrogen and oxygen atoms in total. The molecule has 0 saturated carbocycles. The van der Waals surface area contributed by atoms with Crippen LogP contribution in [0.2, 0.25) is 0 Å². The van der Waals surface area contributed by atoms with Gasteiger partial charge in [0.25, 0.3) is 0 Å². The van der Waals surface area contributed by atoms with E-state index in [1.54, 1.807) is 12.2 Å². The van der Waals surface area contributed by atoms with Crippen molar-refractivity contribution >= 4 is 6.08 Å². The third-order valence-electron chi connectivity index (χ3n) is 2.06. The summed E-state index contributed by atoms with van der Waals surface area (Å²) in [5, 5.41) is 0. The predicted molar refractivity (Wildman–Crippen MR) is 72.5 cm³/mol. The molecule has 0 saturated heterocycles. The van der Waals surface area contributed by atoms with Gasteiger partial charge in [-0.05, 0) is 19.1 Å². The molecule has 1 rings (SSSR count). The van der Waals surface area contributed by atoms with E-state index in [1.807, 2.05) is 37.3 Å². The third kappa shape index (κ3) is 4.19. The van der Waals surface area contributed by atoms with E-state index in [0.29, 0.717) is 13.2 Å². The van der Waals surface area contributed by atoms with Crippen LogP contribution in [0.4, 0.5) is 0 Å². The van der Waals surface area contributed by atoms with Gasteiger partial charge in [-0.25, -0.2) is 0 Å². The Morgan fingerprint density at radius 2 is 1.82 bits per heavy atom. The predicted octanol–water partition coefficient (Wildman–Crippen LogP) is 3.85. The molecule has 0 aliphatic rings. The van der Waals surface area contributed by atoms with E-state index < -0.39 is 0 Å². The highest BCUT2D eigenvalue weighted by molar-refractivity contribution is 5.59. The topological polar surface area (TPSA) is 18.5 Å². The van der Waals surface area contributed by atoms with Gasteiger partial charge in [0.15, 0.2) is 0 Å². The molecule has 2 heteroatoms. The molecule has 1 aromatic rings. The Hall–Kier alpha value is -1.96. The first-order chi connectivity index (χ1) is 8.31. The monoisotopic (exact) mass is 230 g/mol. The number of allylic oxidation sites excluding steroid dienone is 1. The SMILES string of the molecule is C=CCOc1ccc(/C=C/C)c(OCC=C)c1. The minimum Gasteiger partial charge on any atom is -0.489 e. The van der Waals surface area contributed by atoms with Crippen LogP contribution < -0.4 is 9.47 Å². The van der Waals surface area contributed by atoms with Gasteiger partial charge in [0.2, 0.25) is 0 Å². The Labute approximate surface area is 103 Å². The van der Waals surface area contributed by atoms with Crippen molar-refractivity contribution < 1.29 is 9.47 Å². The molecule has 1 aromatic carbocycles. The Bertz CT molecular complexity index is 405. The van der Waals surface area contributed by atoms with Gasteiger partial charge in [-0.3, -0.25) is 0 Å². The zero-order chi connectivity index (χ0) is 12.5. The zero-order valence-corrected chi connectivity index (χ0v) is 10.2. The van der Waals surface area contributed by atoms with E-state index in [1.165, 1.54) is 0 Å². The lowest BCUT2D eigenvalue weighted by Crippen LogP contribution is -1.97. The molecule has 0 bridgehead atoms. The molecule has 0 spiro atoms. The van der Waals surface area contributed by atoms with E-state index in [0.717, 1.165) is 17.1 Å². The van der Waals surface area contributed by atoms with E-state index in [-0.39, 0.29) is 0 Å². The molecule has 0 aromatic heterocycles. The van der Waals surface area contributed by atoms with Gasteiger partial charge in [-0.15, -0.1) is 0 Å². The van der Waals surface area contributed by atoms with E-state index in [2.05, 4.69) is 13.2 Å². The Kier molecular flexibility index (Phi) is 5.66. The lowest BCUT2D eigenvalue weighted by Gasteiger charge is -2.10. The highest BCUT2D eigenvalue weighted by atomic mass is 16.5. The highest BCUT2D eigenvalue weighted by Gasteiger charge is 2.03.